The van der Waals surface area contributed by atoms with E-state index >= 15 is 0 Å². The summed E-state index contributed by atoms with van der Waals surface area (Å²) < 4.78 is 0. The molecule has 0 radical (unpaired) electrons. The molecule has 0 aromatic heterocycles. The first kappa shape index (κ1) is 20.5. The summed E-state index contributed by atoms with van der Waals surface area (Å²) in [6.45, 7) is 2.52. The lowest BCUT2D eigenvalue weighted by Crippen LogP contribution is -2.49. The van der Waals surface area contributed by atoms with Crippen LogP contribution in [0.25, 0.3) is 0 Å². The van der Waals surface area contributed by atoms with Gasteiger partial charge in [0.1, 0.15) is 0 Å². The fraction of sp³-hybridized carbons (Fsp3) is 0.200. The van der Waals surface area contributed by atoms with E-state index in [0.29, 0.717) is 25.3 Å². The standard InChI is InChI=1S/C25H26N4O2/c30-24(26-18-20-8-3-1-4-9-20)27-22-12-14-23(15-13-22)29-17-7-16-28(25(29)31)19-21-10-5-2-6-11-21/h1-6,8-15H,7,16-19H2,(H2,26,27,30). The topological polar surface area (TPSA) is 64.7 Å². The van der Waals surface area contributed by atoms with Gasteiger partial charge in [0.15, 0.2) is 0 Å². The van der Waals surface area contributed by atoms with Gasteiger partial charge in [-0.2, -0.15) is 0 Å². The van der Waals surface area contributed by atoms with Gasteiger partial charge < -0.3 is 15.5 Å². The Morgan fingerprint density at radius 3 is 2.13 bits per heavy atom. The highest BCUT2D eigenvalue weighted by Crippen LogP contribution is 2.23. The molecule has 1 saturated heterocycles. The number of nitrogens with zero attached hydrogens (tertiary/aromatic N) is 2. The molecule has 0 atom stereocenters. The van der Waals surface area contributed by atoms with Crippen molar-refractivity contribution in [2.75, 3.05) is 23.3 Å². The molecule has 0 bridgehead atoms. The number of urea groups is 2. The van der Waals surface area contributed by atoms with Crippen molar-refractivity contribution in [3.8, 4) is 0 Å². The van der Waals surface area contributed by atoms with Crippen LogP contribution in [0.15, 0.2) is 84.9 Å². The summed E-state index contributed by atoms with van der Waals surface area (Å²) >= 11 is 0. The van der Waals surface area contributed by atoms with Gasteiger partial charge >= 0.3 is 12.1 Å². The number of nitrogens with one attached hydrogen (secondary N) is 2. The normalized spacial score (nSPS) is 13.7. The molecular formula is C25H26N4O2. The molecule has 3 aromatic carbocycles. The molecule has 0 aliphatic carbocycles. The summed E-state index contributed by atoms with van der Waals surface area (Å²) in [4.78, 5) is 28.8. The van der Waals surface area contributed by atoms with Gasteiger partial charge in [-0.3, -0.25) is 4.90 Å². The van der Waals surface area contributed by atoms with Crippen LogP contribution in [0.4, 0.5) is 21.0 Å². The molecule has 4 amide bonds. The minimum atomic E-state index is -0.264. The van der Waals surface area contributed by atoms with Crippen molar-refractivity contribution < 1.29 is 9.59 Å². The van der Waals surface area contributed by atoms with E-state index in [1.54, 1.807) is 4.90 Å². The average molecular weight is 415 g/mol. The molecule has 0 spiro atoms. The van der Waals surface area contributed by atoms with Crippen LogP contribution in [0.5, 0.6) is 0 Å². The van der Waals surface area contributed by atoms with Gasteiger partial charge in [0.25, 0.3) is 0 Å². The Kier molecular flexibility index (Phi) is 6.47. The molecule has 1 aliphatic heterocycles. The van der Waals surface area contributed by atoms with E-state index < -0.39 is 0 Å². The third-order valence-corrected chi connectivity index (χ3v) is 5.26. The second-order valence-electron chi connectivity index (χ2n) is 7.54. The van der Waals surface area contributed by atoms with Crippen molar-refractivity contribution in [1.82, 2.24) is 10.2 Å². The molecule has 1 aliphatic rings. The monoisotopic (exact) mass is 414 g/mol. The van der Waals surface area contributed by atoms with Gasteiger partial charge in [0, 0.05) is 37.6 Å². The van der Waals surface area contributed by atoms with Crippen molar-refractivity contribution >= 4 is 23.4 Å². The smallest absolute Gasteiger partial charge is 0.324 e. The van der Waals surface area contributed by atoms with E-state index in [1.807, 2.05) is 89.8 Å². The second-order valence-corrected chi connectivity index (χ2v) is 7.54. The summed E-state index contributed by atoms with van der Waals surface area (Å²) in [6.07, 6.45) is 0.917. The lowest BCUT2D eigenvalue weighted by atomic mass is 10.2. The van der Waals surface area contributed by atoms with Gasteiger partial charge in [-0.05, 0) is 41.8 Å². The summed E-state index contributed by atoms with van der Waals surface area (Å²) in [6, 6.07) is 26.9. The molecule has 31 heavy (non-hydrogen) atoms. The predicted octanol–water partition coefficient (Wildman–Crippen LogP) is 4.84. The van der Waals surface area contributed by atoms with Crippen LogP contribution < -0.4 is 15.5 Å². The van der Waals surface area contributed by atoms with Gasteiger partial charge in [-0.25, -0.2) is 9.59 Å². The van der Waals surface area contributed by atoms with Crippen molar-refractivity contribution in [1.29, 1.82) is 0 Å². The van der Waals surface area contributed by atoms with Crippen LogP contribution in [0.2, 0.25) is 0 Å². The number of benzene rings is 3. The number of hydrogen-bond donors (Lipinski definition) is 2. The third kappa shape index (κ3) is 5.42. The Morgan fingerprint density at radius 1 is 0.806 bits per heavy atom. The van der Waals surface area contributed by atoms with Crippen LogP contribution >= 0.6 is 0 Å². The van der Waals surface area contributed by atoms with Crippen LogP contribution in [0.3, 0.4) is 0 Å². The number of hydrogen-bond acceptors (Lipinski definition) is 2. The van der Waals surface area contributed by atoms with Crippen LogP contribution in [0.1, 0.15) is 17.5 Å². The van der Waals surface area contributed by atoms with E-state index in [-0.39, 0.29) is 12.1 Å². The quantitative estimate of drug-likeness (QED) is 0.606. The molecule has 158 valence electrons. The van der Waals surface area contributed by atoms with Gasteiger partial charge in [-0.1, -0.05) is 60.7 Å². The Balaban J connectivity index is 1.33. The maximum atomic E-state index is 13.0. The molecule has 1 fully saturated rings. The van der Waals surface area contributed by atoms with Gasteiger partial charge in [-0.15, -0.1) is 0 Å². The first-order valence-corrected chi connectivity index (χ1v) is 10.5. The van der Waals surface area contributed by atoms with Crippen molar-refractivity contribution in [3.05, 3.63) is 96.1 Å². The molecule has 0 saturated carbocycles. The first-order chi connectivity index (χ1) is 15.2. The highest BCUT2D eigenvalue weighted by Gasteiger charge is 2.26. The Morgan fingerprint density at radius 2 is 1.45 bits per heavy atom. The molecule has 0 unspecified atom stereocenters. The molecular weight excluding hydrogens is 388 g/mol. The zero-order chi connectivity index (χ0) is 21.5. The average Bonchev–Trinajstić information content (AvgIpc) is 2.81. The molecule has 2 N–H and O–H groups in total. The zero-order valence-corrected chi connectivity index (χ0v) is 17.3. The molecule has 4 rings (SSSR count). The van der Waals surface area contributed by atoms with E-state index in [2.05, 4.69) is 10.6 Å². The SMILES string of the molecule is O=C(NCc1ccccc1)Nc1ccc(N2CCCN(Cc3ccccc3)C2=O)cc1. The number of anilines is 2. The summed E-state index contributed by atoms with van der Waals surface area (Å²) in [5.41, 5.74) is 3.67. The summed E-state index contributed by atoms with van der Waals surface area (Å²) in [7, 11) is 0. The Bertz CT molecular complexity index is 1010. The Labute approximate surface area is 182 Å². The minimum absolute atomic E-state index is 0.0106. The van der Waals surface area contributed by atoms with E-state index in [0.717, 1.165) is 29.8 Å². The second kappa shape index (κ2) is 9.80. The fourth-order valence-electron chi connectivity index (χ4n) is 3.65. The van der Waals surface area contributed by atoms with E-state index in [9.17, 15) is 9.59 Å². The third-order valence-electron chi connectivity index (χ3n) is 5.26. The predicted molar refractivity (Wildman–Crippen MR) is 123 cm³/mol. The van der Waals surface area contributed by atoms with Gasteiger partial charge in [0.05, 0.1) is 0 Å². The Hall–Kier alpha value is -3.80. The number of amides is 4. The minimum Gasteiger partial charge on any atom is -0.334 e. The highest BCUT2D eigenvalue weighted by molar-refractivity contribution is 5.93. The molecule has 6 nitrogen and oxygen atoms in total. The lowest BCUT2D eigenvalue weighted by molar-refractivity contribution is 0.192. The lowest BCUT2D eigenvalue weighted by Gasteiger charge is -2.35. The summed E-state index contributed by atoms with van der Waals surface area (Å²) in [5, 5.41) is 5.67. The van der Waals surface area contributed by atoms with Crippen LogP contribution in [-0.4, -0.2) is 30.1 Å². The molecule has 3 aromatic rings. The van der Waals surface area contributed by atoms with E-state index in [4.69, 9.17) is 0 Å². The summed E-state index contributed by atoms with van der Waals surface area (Å²) in [5.74, 6) is 0. The van der Waals surface area contributed by atoms with Crippen LogP contribution in [0, 0.1) is 0 Å². The van der Waals surface area contributed by atoms with Gasteiger partial charge in [0.2, 0.25) is 0 Å². The number of rotatable bonds is 6. The molecule has 6 heteroatoms. The molecule has 1 heterocycles. The first-order valence-electron chi connectivity index (χ1n) is 10.5. The highest BCUT2D eigenvalue weighted by atomic mass is 16.2. The van der Waals surface area contributed by atoms with E-state index in [1.165, 1.54) is 0 Å². The maximum absolute atomic E-state index is 13.0. The van der Waals surface area contributed by atoms with Crippen molar-refractivity contribution in [3.63, 3.8) is 0 Å². The largest absolute Gasteiger partial charge is 0.334 e. The van der Waals surface area contributed by atoms with Crippen LogP contribution in [-0.2, 0) is 13.1 Å². The van der Waals surface area contributed by atoms with Crippen molar-refractivity contribution in [2.24, 2.45) is 0 Å². The number of carbonyl (C=O) groups excluding carboxylic acids is 2. The zero-order valence-electron chi connectivity index (χ0n) is 17.3. The maximum Gasteiger partial charge on any atom is 0.324 e. The van der Waals surface area contributed by atoms with Crippen molar-refractivity contribution in [2.45, 2.75) is 19.5 Å². The fourth-order valence-corrected chi connectivity index (χ4v) is 3.65. The number of carbonyl (C=O) groups is 2.